The number of hydrogen-bond donors (Lipinski definition) is 1. The second-order valence-electron chi connectivity index (χ2n) is 3.65. The van der Waals surface area contributed by atoms with E-state index in [0.717, 1.165) is 5.56 Å². The van der Waals surface area contributed by atoms with Crippen molar-refractivity contribution in [2.24, 2.45) is 0 Å². The summed E-state index contributed by atoms with van der Waals surface area (Å²) in [5.74, 6) is 1.48. The molecule has 14 heavy (non-hydrogen) atoms. The summed E-state index contributed by atoms with van der Waals surface area (Å²) in [6.45, 7) is 5.93. The van der Waals surface area contributed by atoms with Crippen molar-refractivity contribution in [1.29, 1.82) is 0 Å². The number of pyridine rings is 1. The molecule has 1 aliphatic heterocycles. The molecule has 0 saturated heterocycles. The molecular weight excluding hydrogens is 182 g/mol. The maximum atomic E-state index is 9.83. The van der Waals surface area contributed by atoms with Crippen LogP contribution in [0, 0.1) is 6.92 Å². The molecule has 76 valence electrons. The molecule has 0 aliphatic carbocycles. The molecule has 2 rings (SSSR count). The van der Waals surface area contributed by atoms with E-state index in [4.69, 9.17) is 9.47 Å². The number of ether oxygens (including phenoxy) is 2. The maximum absolute atomic E-state index is 9.83. The summed E-state index contributed by atoms with van der Waals surface area (Å²) in [5, 5.41) is 9.83. The zero-order chi connectivity index (χ0) is 10.3. The summed E-state index contributed by atoms with van der Waals surface area (Å²) < 4.78 is 10.5. The van der Waals surface area contributed by atoms with Gasteiger partial charge in [-0.1, -0.05) is 13.8 Å². The molecule has 0 bridgehead atoms. The third-order valence-electron chi connectivity index (χ3n) is 2.28. The van der Waals surface area contributed by atoms with E-state index in [1.807, 2.05) is 13.8 Å². The van der Waals surface area contributed by atoms with Crippen LogP contribution in [0.4, 0.5) is 0 Å². The van der Waals surface area contributed by atoms with Crippen molar-refractivity contribution < 1.29 is 14.6 Å². The molecule has 1 aromatic heterocycles. The maximum Gasteiger partial charge on any atom is 0.260 e. The standard InChI is InChI=1S/C10H13NO3/c1-5(2)7-8(12)6(3)11-10-9(7)13-4-14-10/h5,12H,4H2,1-3H3. The largest absolute Gasteiger partial charge is 0.506 e. The molecular formula is C10H13NO3. The zero-order valence-electron chi connectivity index (χ0n) is 8.50. The smallest absolute Gasteiger partial charge is 0.260 e. The quantitative estimate of drug-likeness (QED) is 0.744. The minimum absolute atomic E-state index is 0.185. The number of aromatic hydroxyl groups is 1. The van der Waals surface area contributed by atoms with E-state index in [0.29, 0.717) is 17.3 Å². The minimum Gasteiger partial charge on any atom is -0.506 e. The molecule has 2 heterocycles. The first kappa shape index (κ1) is 9.12. The molecule has 4 heteroatoms. The molecule has 0 aromatic carbocycles. The Labute approximate surface area is 82.5 Å². The summed E-state index contributed by atoms with van der Waals surface area (Å²) in [7, 11) is 0. The van der Waals surface area contributed by atoms with Crippen LogP contribution in [0.15, 0.2) is 0 Å². The van der Waals surface area contributed by atoms with Gasteiger partial charge in [-0.2, -0.15) is 0 Å². The third kappa shape index (κ3) is 1.18. The molecule has 0 unspecified atom stereocenters. The number of aryl methyl sites for hydroxylation is 1. The van der Waals surface area contributed by atoms with Crippen LogP contribution < -0.4 is 9.47 Å². The fourth-order valence-corrected chi connectivity index (χ4v) is 1.59. The van der Waals surface area contributed by atoms with E-state index < -0.39 is 0 Å². The van der Waals surface area contributed by atoms with E-state index in [1.165, 1.54) is 0 Å². The summed E-state index contributed by atoms with van der Waals surface area (Å²) in [5.41, 5.74) is 1.36. The van der Waals surface area contributed by atoms with Gasteiger partial charge < -0.3 is 14.6 Å². The van der Waals surface area contributed by atoms with E-state index in [-0.39, 0.29) is 18.5 Å². The molecule has 0 fully saturated rings. The lowest BCUT2D eigenvalue weighted by Crippen LogP contribution is -1.96. The van der Waals surface area contributed by atoms with E-state index in [1.54, 1.807) is 6.92 Å². The SMILES string of the molecule is Cc1nc2c(c(C(C)C)c1O)OCO2. The van der Waals surface area contributed by atoms with Gasteiger partial charge >= 0.3 is 0 Å². The minimum atomic E-state index is 0.185. The van der Waals surface area contributed by atoms with Crippen LogP contribution in [0.2, 0.25) is 0 Å². The van der Waals surface area contributed by atoms with Gasteiger partial charge in [0.25, 0.3) is 5.88 Å². The summed E-state index contributed by atoms with van der Waals surface area (Å²) in [6, 6.07) is 0. The second-order valence-corrected chi connectivity index (χ2v) is 3.65. The van der Waals surface area contributed by atoms with Gasteiger partial charge in [0, 0.05) is 5.56 Å². The van der Waals surface area contributed by atoms with E-state index >= 15 is 0 Å². The Morgan fingerprint density at radius 1 is 1.36 bits per heavy atom. The average Bonchev–Trinajstić information content (AvgIpc) is 2.52. The first-order chi connectivity index (χ1) is 6.61. The molecule has 0 spiro atoms. The summed E-state index contributed by atoms with van der Waals surface area (Å²) in [4.78, 5) is 4.10. The highest BCUT2D eigenvalue weighted by Gasteiger charge is 2.25. The Hall–Kier alpha value is -1.45. The van der Waals surface area contributed by atoms with Crippen molar-refractivity contribution in [2.45, 2.75) is 26.7 Å². The zero-order valence-corrected chi connectivity index (χ0v) is 8.50. The number of nitrogens with zero attached hydrogens (tertiary/aromatic N) is 1. The van der Waals surface area contributed by atoms with Gasteiger partial charge in [-0.15, -0.1) is 0 Å². The van der Waals surface area contributed by atoms with Crippen LogP contribution in [0.5, 0.6) is 17.4 Å². The topological polar surface area (TPSA) is 51.6 Å². The molecule has 0 saturated carbocycles. The van der Waals surface area contributed by atoms with Crippen molar-refractivity contribution in [3.63, 3.8) is 0 Å². The van der Waals surface area contributed by atoms with Crippen molar-refractivity contribution >= 4 is 0 Å². The third-order valence-corrected chi connectivity index (χ3v) is 2.28. The molecule has 0 atom stereocenters. The predicted octanol–water partition coefficient (Wildman–Crippen LogP) is 1.95. The van der Waals surface area contributed by atoms with Crippen LogP contribution in [-0.4, -0.2) is 16.9 Å². The van der Waals surface area contributed by atoms with Crippen molar-refractivity contribution in [1.82, 2.24) is 4.98 Å². The monoisotopic (exact) mass is 195 g/mol. The second kappa shape index (κ2) is 3.04. The Morgan fingerprint density at radius 2 is 2.07 bits per heavy atom. The lowest BCUT2D eigenvalue weighted by molar-refractivity contribution is 0.170. The Morgan fingerprint density at radius 3 is 2.71 bits per heavy atom. The van der Waals surface area contributed by atoms with Gasteiger partial charge in [0.1, 0.15) is 5.75 Å². The van der Waals surface area contributed by atoms with Crippen LogP contribution in [0.1, 0.15) is 31.0 Å². The Balaban J connectivity index is 2.66. The molecule has 0 radical (unpaired) electrons. The molecule has 4 nitrogen and oxygen atoms in total. The molecule has 1 N–H and O–H groups in total. The Kier molecular flexibility index (Phi) is 1.98. The highest BCUT2D eigenvalue weighted by molar-refractivity contribution is 5.54. The van der Waals surface area contributed by atoms with Crippen molar-refractivity contribution in [3.8, 4) is 17.4 Å². The first-order valence-electron chi connectivity index (χ1n) is 4.60. The van der Waals surface area contributed by atoms with Crippen LogP contribution in [0.3, 0.4) is 0 Å². The normalized spacial score (nSPS) is 13.7. The average molecular weight is 195 g/mol. The number of hydrogen-bond acceptors (Lipinski definition) is 4. The Bertz CT molecular complexity index is 374. The summed E-state index contributed by atoms with van der Waals surface area (Å²) in [6.07, 6.45) is 0. The number of fused-ring (bicyclic) bond motifs is 1. The van der Waals surface area contributed by atoms with Crippen LogP contribution >= 0.6 is 0 Å². The van der Waals surface area contributed by atoms with Crippen LogP contribution in [0.25, 0.3) is 0 Å². The van der Waals surface area contributed by atoms with Gasteiger partial charge in [-0.05, 0) is 12.8 Å². The predicted molar refractivity (Wildman–Crippen MR) is 50.9 cm³/mol. The molecule has 0 amide bonds. The van der Waals surface area contributed by atoms with E-state index in [2.05, 4.69) is 4.98 Å². The van der Waals surface area contributed by atoms with Gasteiger partial charge in [-0.25, -0.2) is 4.98 Å². The van der Waals surface area contributed by atoms with Crippen molar-refractivity contribution in [3.05, 3.63) is 11.3 Å². The van der Waals surface area contributed by atoms with E-state index in [9.17, 15) is 5.11 Å². The van der Waals surface area contributed by atoms with Gasteiger partial charge in [0.2, 0.25) is 6.79 Å². The fraction of sp³-hybridized carbons (Fsp3) is 0.500. The molecule has 1 aliphatic rings. The highest BCUT2D eigenvalue weighted by atomic mass is 16.7. The molecule has 1 aromatic rings. The number of aromatic nitrogens is 1. The van der Waals surface area contributed by atoms with Gasteiger partial charge in [0.15, 0.2) is 5.75 Å². The first-order valence-corrected chi connectivity index (χ1v) is 4.60. The van der Waals surface area contributed by atoms with Crippen LogP contribution in [-0.2, 0) is 0 Å². The summed E-state index contributed by atoms with van der Waals surface area (Å²) >= 11 is 0. The highest BCUT2D eigenvalue weighted by Crippen LogP contribution is 2.43. The van der Waals surface area contributed by atoms with Crippen molar-refractivity contribution in [2.75, 3.05) is 6.79 Å². The number of rotatable bonds is 1. The lowest BCUT2D eigenvalue weighted by atomic mass is 10.0. The fourth-order valence-electron chi connectivity index (χ4n) is 1.59. The van der Waals surface area contributed by atoms with Gasteiger partial charge in [0.05, 0.1) is 5.69 Å². The lowest BCUT2D eigenvalue weighted by Gasteiger charge is -2.12. The van der Waals surface area contributed by atoms with Gasteiger partial charge in [-0.3, -0.25) is 0 Å².